The predicted molar refractivity (Wildman–Crippen MR) is 143 cm³/mol. The third kappa shape index (κ3) is 5.14. The molecule has 0 aliphatic carbocycles. The average Bonchev–Trinajstić information content (AvgIpc) is 3.33. The number of para-hydroxylation sites is 2. The molecule has 0 aliphatic heterocycles. The number of amides is 1. The molecule has 0 spiro atoms. The number of nitrogens with one attached hydrogen (secondary N) is 1. The molecule has 1 aromatic heterocycles. The molecule has 0 unspecified atom stereocenters. The van der Waals surface area contributed by atoms with Crippen molar-refractivity contribution in [1.29, 1.82) is 0 Å². The lowest BCUT2D eigenvalue weighted by Gasteiger charge is -2.12. The largest absolute Gasteiger partial charge is 0.325 e. The van der Waals surface area contributed by atoms with Crippen molar-refractivity contribution in [3.05, 3.63) is 114 Å². The van der Waals surface area contributed by atoms with Gasteiger partial charge in [-0.3, -0.25) is 9.36 Å². The van der Waals surface area contributed by atoms with Crippen molar-refractivity contribution < 1.29 is 4.79 Å². The van der Waals surface area contributed by atoms with Gasteiger partial charge in [-0.25, -0.2) is 0 Å². The number of thioether (sulfide) groups is 1. The number of hydrogen-bond donors (Lipinski definition) is 1. The maximum atomic E-state index is 12.9. The van der Waals surface area contributed by atoms with Crippen LogP contribution in [0.25, 0.3) is 28.2 Å². The molecule has 0 saturated heterocycles. The van der Waals surface area contributed by atoms with Crippen molar-refractivity contribution in [2.75, 3.05) is 11.1 Å². The number of carbonyl (C=O) groups is 1. The van der Waals surface area contributed by atoms with Gasteiger partial charge in [-0.05, 0) is 35.9 Å². The second-order valence-corrected chi connectivity index (χ2v) is 9.06. The normalized spacial score (nSPS) is 10.8. The quantitative estimate of drug-likeness (QED) is 0.247. The van der Waals surface area contributed by atoms with Crippen LogP contribution in [0, 0.1) is 0 Å². The molecule has 0 atom stereocenters. The molecule has 7 heteroatoms. The number of nitrogens with zero attached hydrogens (tertiary/aromatic N) is 3. The van der Waals surface area contributed by atoms with Crippen molar-refractivity contribution in [2.24, 2.45) is 0 Å². The minimum atomic E-state index is -0.125. The number of benzene rings is 4. The number of hydrogen-bond acceptors (Lipinski definition) is 4. The van der Waals surface area contributed by atoms with E-state index in [1.54, 1.807) is 0 Å². The highest BCUT2D eigenvalue weighted by Gasteiger charge is 2.19. The van der Waals surface area contributed by atoms with E-state index in [1.165, 1.54) is 11.8 Å². The Labute approximate surface area is 212 Å². The zero-order valence-corrected chi connectivity index (χ0v) is 20.2. The Hall–Kier alpha value is -3.87. The number of halogens is 1. The second-order valence-electron chi connectivity index (χ2n) is 7.71. The van der Waals surface area contributed by atoms with Crippen LogP contribution < -0.4 is 5.32 Å². The maximum Gasteiger partial charge on any atom is 0.234 e. The molecule has 35 heavy (non-hydrogen) atoms. The monoisotopic (exact) mass is 496 g/mol. The van der Waals surface area contributed by atoms with Crippen molar-refractivity contribution >= 4 is 35.0 Å². The third-order valence-corrected chi connectivity index (χ3v) is 6.64. The van der Waals surface area contributed by atoms with E-state index in [0.29, 0.717) is 16.0 Å². The topological polar surface area (TPSA) is 59.8 Å². The number of carbonyl (C=O) groups excluding carboxylic acids is 1. The molecule has 4 aromatic carbocycles. The highest BCUT2D eigenvalue weighted by Crippen LogP contribution is 2.32. The van der Waals surface area contributed by atoms with Crippen LogP contribution in [0.4, 0.5) is 5.69 Å². The van der Waals surface area contributed by atoms with Crippen LogP contribution in [0.2, 0.25) is 5.02 Å². The van der Waals surface area contributed by atoms with Crippen molar-refractivity contribution in [3.63, 3.8) is 0 Å². The second kappa shape index (κ2) is 10.6. The van der Waals surface area contributed by atoms with Gasteiger partial charge in [-0.15, -0.1) is 10.2 Å². The van der Waals surface area contributed by atoms with Crippen molar-refractivity contribution in [2.45, 2.75) is 5.16 Å². The van der Waals surface area contributed by atoms with Gasteiger partial charge in [-0.1, -0.05) is 102 Å². The van der Waals surface area contributed by atoms with Crippen LogP contribution in [0.3, 0.4) is 0 Å². The van der Waals surface area contributed by atoms with Crippen molar-refractivity contribution in [3.8, 4) is 28.2 Å². The first kappa shape index (κ1) is 22.9. The lowest BCUT2D eigenvalue weighted by atomic mass is 10.0. The molecule has 0 radical (unpaired) electrons. The van der Waals surface area contributed by atoms with Crippen LogP contribution in [-0.2, 0) is 4.79 Å². The Kier molecular flexibility index (Phi) is 6.93. The van der Waals surface area contributed by atoms with Gasteiger partial charge in [0.1, 0.15) is 0 Å². The van der Waals surface area contributed by atoms with Gasteiger partial charge < -0.3 is 5.32 Å². The van der Waals surface area contributed by atoms with Crippen molar-refractivity contribution in [1.82, 2.24) is 14.8 Å². The molecule has 5 aromatic rings. The molecule has 0 saturated carbocycles. The Morgan fingerprint density at radius 3 is 2.14 bits per heavy atom. The molecule has 1 amide bonds. The number of aromatic nitrogens is 3. The van der Waals surface area contributed by atoms with E-state index < -0.39 is 0 Å². The van der Waals surface area contributed by atoms with Crippen LogP contribution in [0.1, 0.15) is 0 Å². The summed E-state index contributed by atoms with van der Waals surface area (Å²) in [7, 11) is 0. The highest BCUT2D eigenvalue weighted by atomic mass is 35.5. The smallest absolute Gasteiger partial charge is 0.234 e. The standard InChI is InChI=1S/C28H21ClN4OS/c29-24-17-9-7-16-23(24)27-31-32-28(33(27)21-13-5-2-6-14-21)35-19-26(34)30-25-18-10-8-15-22(25)20-11-3-1-4-12-20/h1-18H,19H2,(H,30,34). The molecule has 5 rings (SSSR count). The fraction of sp³-hybridized carbons (Fsp3) is 0.0357. The molecule has 5 nitrogen and oxygen atoms in total. The average molecular weight is 497 g/mol. The molecule has 1 heterocycles. The SMILES string of the molecule is O=C(CSc1nnc(-c2ccccc2Cl)n1-c1ccccc1)Nc1ccccc1-c1ccccc1. The maximum absolute atomic E-state index is 12.9. The predicted octanol–water partition coefficient (Wildman–Crippen LogP) is 6.99. The number of rotatable bonds is 7. The highest BCUT2D eigenvalue weighted by molar-refractivity contribution is 7.99. The molecular weight excluding hydrogens is 476 g/mol. The Balaban J connectivity index is 1.39. The lowest BCUT2D eigenvalue weighted by Crippen LogP contribution is -2.15. The van der Waals surface area contributed by atoms with Crippen LogP contribution in [-0.4, -0.2) is 26.4 Å². The lowest BCUT2D eigenvalue weighted by molar-refractivity contribution is -0.113. The first-order chi connectivity index (χ1) is 17.2. The number of anilines is 1. The Bertz CT molecular complexity index is 1450. The summed E-state index contributed by atoms with van der Waals surface area (Å²) in [6.07, 6.45) is 0. The Morgan fingerprint density at radius 2 is 1.40 bits per heavy atom. The van der Waals surface area contributed by atoms with E-state index >= 15 is 0 Å². The van der Waals surface area contributed by atoms with E-state index in [4.69, 9.17) is 11.6 Å². The van der Waals surface area contributed by atoms with Gasteiger partial charge in [0.25, 0.3) is 0 Å². The zero-order chi connectivity index (χ0) is 24.0. The molecular formula is C28H21ClN4OS. The van der Waals surface area contributed by atoms with Gasteiger partial charge in [-0.2, -0.15) is 0 Å². The van der Waals surface area contributed by atoms with E-state index in [1.807, 2.05) is 114 Å². The summed E-state index contributed by atoms with van der Waals surface area (Å²) in [5.41, 5.74) is 4.46. The molecule has 0 fully saturated rings. The molecule has 1 N–H and O–H groups in total. The molecule has 172 valence electrons. The fourth-order valence-electron chi connectivity index (χ4n) is 3.77. The first-order valence-electron chi connectivity index (χ1n) is 11.0. The van der Waals surface area contributed by atoms with Gasteiger partial charge >= 0.3 is 0 Å². The van der Waals surface area contributed by atoms with E-state index in [2.05, 4.69) is 15.5 Å². The van der Waals surface area contributed by atoms with E-state index in [9.17, 15) is 4.79 Å². The van der Waals surface area contributed by atoms with Gasteiger partial charge in [0.2, 0.25) is 5.91 Å². The zero-order valence-electron chi connectivity index (χ0n) is 18.6. The summed E-state index contributed by atoms with van der Waals surface area (Å²) in [6.45, 7) is 0. The summed E-state index contributed by atoms with van der Waals surface area (Å²) < 4.78 is 1.93. The molecule has 0 aliphatic rings. The van der Waals surface area contributed by atoms with Gasteiger partial charge in [0, 0.05) is 22.5 Å². The van der Waals surface area contributed by atoms with Gasteiger partial charge in [0.05, 0.1) is 10.8 Å². The first-order valence-corrected chi connectivity index (χ1v) is 12.4. The molecule has 0 bridgehead atoms. The van der Waals surface area contributed by atoms with Crippen LogP contribution >= 0.6 is 23.4 Å². The van der Waals surface area contributed by atoms with Gasteiger partial charge in [0.15, 0.2) is 11.0 Å². The Morgan fingerprint density at radius 1 is 0.771 bits per heavy atom. The summed E-state index contributed by atoms with van der Waals surface area (Å²) >= 11 is 7.79. The minimum absolute atomic E-state index is 0.125. The van der Waals surface area contributed by atoms with Crippen LogP contribution in [0.5, 0.6) is 0 Å². The third-order valence-electron chi connectivity index (χ3n) is 5.38. The van der Waals surface area contributed by atoms with Crippen LogP contribution in [0.15, 0.2) is 114 Å². The summed E-state index contributed by atoms with van der Waals surface area (Å²) in [6, 6.07) is 35.1. The summed E-state index contributed by atoms with van der Waals surface area (Å²) in [4.78, 5) is 12.9. The van der Waals surface area contributed by atoms with E-state index in [0.717, 1.165) is 28.1 Å². The fourth-order valence-corrected chi connectivity index (χ4v) is 4.74. The summed E-state index contributed by atoms with van der Waals surface area (Å²) in [5.74, 6) is 0.677. The van der Waals surface area contributed by atoms with E-state index in [-0.39, 0.29) is 11.7 Å². The minimum Gasteiger partial charge on any atom is -0.325 e. The summed E-state index contributed by atoms with van der Waals surface area (Å²) in [5, 5.41) is 13.1.